The number of nitro groups is 1. The quantitative estimate of drug-likeness (QED) is 0.244. The van der Waals surface area contributed by atoms with E-state index in [4.69, 9.17) is 11.6 Å². The molecule has 30 heavy (non-hydrogen) atoms. The lowest BCUT2D eigenvalue weighted by molar-refractivity contribution is -0.384. The first kappa shape index (κ1) is 21.6. The molecular formula is C21H19ClN4O3S. The summed E-state index contributed by atoms with van der Waals surface area (Å²) in [7, 11) is 0. The van der Waals surface area contributed by atoms with Crippen molar-refractivity contribution in [1.82, 2.24) is 9.99 Å². The average molecular weight is 443 g/mol. The first-order valence-corrected chi connectivity index (χ1v) is 10.4. The molecule has 1 N–H and O–H groups in total. The van der Waals surface area contributed by atoms with E-state index < -0.39 is 4.92 Å². The number of aromatic nitrogens is 1. The van der Waals surface area contributed by atoms with Crippen LogP contribution in [0.15, 0.2) is 64.6 Å². The van der Waals surface area contributed by atoms with Crippen molar-refractivity contribution in [2.45, 2.75) is 18.7 Å². The minimum absolute atomic E-state index is 0.0181. The van der Waals surface area contributed by atoms with Crippen molar-refractivity contribution in [3.63, 3.8) is 0 Å². The first-order valence-electron chi connectivity index (χ1n) is 8.99. The number of hydrazone groups is 1. The molecule has 0 fully saturated rings. The van der Waals surface area contributed by atoms with E-state index in [9.17, 15) is 14.9 Å². The Bertz CT molecular complexity index is 1090. The zero-order chi connectivity index (χ0) is 21.7. The van der Waals surface area contributed by atoms with Crippen molar-refractivity contribution >= 4 is 41.2 Å². The number of carbonyl (C=O) groups is 1. The highest BCUT2D eigenvalue weighted by atomic mass is 35.5. The molecule has 2 aromatic carbocycles. The van der Waals surface area contributed by atoms with E-state index in [1.807, 2.05) is 44.2 Å². The number of halogens is 1. The van der Waals surface area contributed by atoms with Crippen LogP contribution in [-0.2, 0) is 4.79 Å². The van der Waals surface area contributed by atoms with Crippen LogP contribution in [0.3, 0.4) is 0 Å². The van der Waals surface area contributed by atoms with Crippen LogP contribution in [0.5, 0.6) is 0 Å². The van der Waals surface area contributed by atoms with E-state index in [-0.39, 0.29) is 17.3 Å². The first-order chi connectivity index (χ1) is 14.3. The van der Waals surface area contributed by atoms with Crippen LogP contribution < -0.4 is 5.43 Å². The van der Waals surface area contributed by atoms with Gasteiger partial charge in [0, 0.05) is 44.7 Å². The summed E-state index contributed by atoms with van der Waals surface area (Å²) in [6.07, 6.45) is 1.61. The highest BCUT2D eigenvalue weighted by Crippen LogP contribution is 2.22. The van der Waals surface area contributed by atoms with Gasteiger partial charge < -0.3 is 4.57 Å². The molecule has 1 aromatic heterocycles. The number of nitrogens with zero attached hydrogens (tertiary/aromatic N) is 3. The van der Waals surface area contributed by atoms with Crippen molar-refractivity contribution in [2.75, 3.05) is 5.75 Å². The van der Waals surface area contributed by atoms with E-state index in [0.717, 1.165) is 27.5 Å². The van der Waals surface area contributed by atoms with Crippen molar-refractivity contribution in [3.8, 4) is 5.69 Å². The third kappa shape index (κ3) is 5.28. The number of rotatable bonds is 7. The van der Waals surface area contributed by atoms with Gasteiger partial charge in [-0.05, 0) is 56.3 Å². The number of nitro benzene ring substituents is 1. The number of benzene rings is 2. The van der Waals surface area contributed by atoms with E-state index in [0.29, 0.717) is 5.02 Å². The number of non-ortho nitro benzene ring substituents is 1. The van der Waals surface area contributed by atoms with Gasteiger partial charge in [0.15, 0.2) is 0 Å². The van der Waals surface area contributed by atoms with Gasteiger partial charge in [-0.3, -0.25) is 14.9 Å². The Morgan fingerprint density at radius 1 is 1.20 bits per heavy atom. The monoisotopic (exact) mass is 442 g/mol. The predicted octanol–water partition coefficient (Wildman–Crippen LogP) is 4.90. The molecule has 0 aliphatic heterocycles. The second-order valence-corrected chi connectivity index (χ2v) is 7.96. The lowest BCUT2D eigenvalue weighted by Crippen LogP contribution is -2.19. The molecule has 3 rings (SSSR count). The average Bonchev–Trinajstić information content (AvgIpc) is 3.01. The maximum atomic E-state index is 12.0. The molecular weight excluding hydrogens is 424 g/mol. The summed E-state index contributed by atoms with van der Waals surface area (Å²) in [4.78, 5) is 23.0. The number of amides is 1. The van der Waals surface area contributed by atoms with Crippen LogP contribution in [0.2, 0.25) is 5.02 Å². The molecule has 0 saturated heterocycles. The molecule has 154 valence electrons. The minimum Gasteiger partial charge on any atom is -0.318 e. The van der Waals surface area contributed by atoms with Gasteiger partial charge in [0.1, 0.15) is 0 Å². The molecule has 1 heterocycles. The molecule has 0 saturated carbocycles. The van der Waals surface area contributed by atoms with E-state index in [2.05, 4.69) is 15.1 Å². The van der Waals surface area contributed by atoms with Crippen LogP contribution in [0.1, 0.15) is 17.0 Å². The second kappa shape index (κ2) is 9.60. The van der Waals surface area contributed by atoms with Gasteiger partial charge in [0.05, 0.1) is 16.9 Å². The van der Waals surface area contributed by atoms with Crippen LogP contribution in [0, 0.1) is 24.0 Å². The van der Waals surface area contributed by atoms with Crippen LogP contribution in [-0.4, -0.2) is 27.4 Å². The fourth-order valence-corrected chi connectivity index (χ4v) is 3.74. The Balaban J connectivity index is 1.58. The Kier molecular flexibility index (Phi) is 6.91. The van der Waals surface area contributed by atoms with Gasteiger partial charge in [0.2, 0.25) is 5.91 Å². The molecule has 0 unspecified atom stereocenters. The van der Waals surface area contributed by atoms with Gasteiger partial charge in [-0.2, -0.15) is 5.10 Å². The summed E-state index contributed by atoms with van der Waals surface area (Å²) in [6, 6.07) is 15.6. The maximum absolute atomic E-state index is 12.0. The summed E-state index contributed by atoms with van der Waals surface area (Å²) < 4.78 is 2.09. The zero-order valence-electron chi connectivity index (χ0n) is 16.3. The molecule has 3 aromatic rings. The number of aryl methyl sites for hydroxylation is 1. The summed E-state index contributed by atoms with van der Waals surface area (Å²) >= 11 is 7.25. The molecule has 0 spiro atoms. The van der Waals surface area contributed by atoms with Gasteiger partial charge in [0.25, 0.3) is 5.69 Å². The number of hydrogen-bond acceptors (Lipinski definition) is 5. The fraction of sp³-hybridized carbons (Fsp3) is 0.143. The third-order valence-corrected chi connectivity index (χ3v) is 5.63. The predicted molar refractivity (Wildman–Crippen MR) is 120 cm³/mol. The minimum atomic E-state index is -0.459. The molecule has 0 aliphatic carbocycles. The summed E-state index contributed by atoms with van der Waals surface area (Å²) in [5, 5.41) is 15.4. The van der Waals surface area contributed by atoms with Crippen LogP contribution in [0.25, 0.3) is 5.69 Å². The van der Waals surface area contributed by atoms with Crippen molar-refractivity contribution in [1.29, 1.82) is 0 Å². The molecule has 0 bridgehead atoms. The van der Waals surface area contributed by atoms with E-state index in [1.54, 1.807) is 18.3 Å². The van der Waals surface area contributed by atoms with Crippen LogP contribution >= 0.6 is 23.4 Å². The van der Waals surface area contributed by atoms with Crippen LogP contribution in [0.4, 0.5) is 5.69 Å². The number of nitrogens with one attached hydrogen (secondary N) is 1. The number of carbonyl (C=O) groups excluding carboxylic acids is 1. The Hall–Kier alpha value is -3.10. The van der Waals surface area contributed by atoms with Gasteiger partial charge in [-0.15, -0.1) is 11.8 Å². The Labute approximate surface area is 182 Å². The lowest BCUT2D eigenvalue weighted by atomic mass is 10.2. The topological polar surface area (TPSA) is 89.5 Å². The molecule has 7 nitrogen and oxygen atoms in total. The largest absolute Gasteiger partial charge is 0.318 e. The smallest absolute Gasteiger partial charge is 0.269 e. The molecule has 1 amide bonds. The number of hydrogen-bond donors (Lipinski definition) is 1. The van der Waals surface area contributed by atoms with Crippen molar-refractivity contribution in [3.05, 3.63) is 86.7 Å². The maximum Gasteiger partial charge on any atom is 0.269 e. The van der Waals surface area contributed by atoms with E-state index >= 15 is 0 Å². The number of thioether (sulfide) groups is 1. The SMILES string of the molecule is Cc1cc(/C=N\NC(=O)CSc2ccc([N+](=O)[O-])cc2)c(C)n1-c1ccc(Cl)cc1. The fourth-order valence-electron chi connectivity index (χ4n) is 2.92. The van der Waals surface area contributed by atoms with Crippen molar-refractivity contribution < 1.29 is 9.72 Å². The Morgan fingerprint density at radius 2 is 1.87 bits per heavy atom. The van der Waals surface area contributed by atoms with Crippen molar-refractivity contribution in [2.24, 2.45) is 5.10 Å². The highest BCUT2D eigenvalue weighted by Gasteiger charge is 2.10. The second-order valence-electron chi connectivity index (χ2n) is 6.47. The standard InChI is InChI=1S/C21H19ClN4O3S/c1-14-11-16(15(2)25(14)18-5-3-17(22)4-6-18)12-23-24-21(27)13-30-20-9-7-19(8-10-20)26(28)29/h3-12H,13H2,1-2H3,(H,24,27)/b23-12-. The van der Waals surface area contributed by atoms with Gasteiger partial charge in [-0.1, -0.05) is 11.6 Å². The normalized spacial score (nSPS) is 11.0. The summed E-state index contributed by atoms with van der Waals surface area (Å²) in [5.74, 6) is -0.111. The summed E-state index contributed by atoms with van der Waals surface area (Å²) in [5.41, 5.74) is 6.45. The van der Waals surface area contributed by atoms with Gasteiger partial charge in [-0.25, -0.2) is 5.43 Å². The zero-order valence-corrected chi connectivity index (χ0v) is 17.9. The molecule has 0 radical (unpaired) electrons. The van der Waals surface area contributed by atoms with E-state index in [1.165, 1.54) is 23.9 Å². The summed E-state index contributed by atoms with van der Waals surface area (Å²) in [6.45, 7) is 3.98. The molecule has 0 aliphatic rings. The van der Waals surface area contributed by atoms with Gasteiger partial charge >= 0.3 is 0 Å². The molecule has 9 heteroatoms. The lowest BCUT2D eigenvalue weighted by Gasteiger charge is -2.09. The Morgan fingerprint density at radius 3 is 2.50 bits per heavy atom. The highest BCUT2D eigenvalue weighted by molar-refractivity contribution is 8.00. The third-order valence-electron chi connectivity index (χ3n) is 4.37. The molecule has 0 atom stereocenters.